The molecule has 0 heterocycles. The van der Waals surface area contributed by atoms with E-state index in [1.807, 2.05) is 26.0 Å². The van der Waals surface area contributed by atoms with Gasteiger partial charge in [-0.15, -0.1) is 12.4 Å². The van der Waals surface area contributed by atoms with Crippen LogP contribution in [0.3, 0.4) is 0 Å². The molecule has 0 aliphatic heterocycles. The number of carbonyl (C=O) groups is 1. The summed E-state index contributed by atoms with van der Waals surface area (Å²) in [5, 5.41) is 2.90. The minimum absolute atomic E-state index is 0. The van der Waals surface area contributed by atoms with Gasteiger partial charge >= 0.3 is 0 Å². The zero-order valence-corrected chi connectivity index (χ0v) is 14.6. The van der Waals surface area contributed by atoms with Gasteiger partial charge in [0.25, 0.3) is 0 Å². The largest absolute Gasteiger partial charge is 0.493 e. The van der Waals surface area contributed by atoms with Crippen molar-refractivity contribution in [2.75, 3.05) is 20.8 Å². The molecule has 6 heteroatoms. The van der Waals surface area contributed by atoms with Gasteiger partial charge in [-0.2, -0.15) is 0 Å². The Morgan fingerprint density at radius 1 is 1.18 bits per heavy atom. The Bertz CT molecular complexity index is 476. The number of benzene rings is 1. The minimum atomic E-state index is -0.326. The van der Waals surface area contributed by atoms with E-state index < -0.39 is 0 Å². The molecule has 0 aliphatic rings. The molecule has 0 aliphatic carbocycles. The molecule has 0 saturated heterocycles. The molecule has 0 saturated carbocycles. The zero-order chi connectivity index (χ0) is 15.9. The predicted octanol–water partition coefficient (Wildman–Crippen LogP) is 2.30. The van der Waals surface area contributed by atoms with Gasteiger partial charge in [0, 0.05) is 12.1 Å². The fraction of sp³-hybridized carbons (Fsp3) is 0.562. The average Bonchev–Trinajstić information content (AvgIpc) is 2.52. The van der Waals surface area contributed by atoms with Crippen molar-refractivity contribution in [1.82, 2.24) is 5.32 Å². The molecule has 0 atom stereocenters. The summed E-state index contributed by atoms with van der Waals surface area (Å²) in [5.74, 6) is 1.23. The Labute approximate surface area is 139 Å². The van der Waals surface area contributed by atoms with E-state index in [9.17, 15) is 4.79 Å². The highest BCUT2D eigenvalue weighted by Gasteiger charge is 2.20. The monoisotopic (exact) mass is 330 g/mol. The van der Waals surface area contributed by atoms with E-state index in [2.05, 4.69) is 5.32 Å². The minimum Gasteiger partial charge on any atom is -0.493 e. The van der Waals surface area contributed by atoms with Crippen molar-refractivity contribution in [2.45, 2.75) is 38.6 Å². The van der Waals surface area contributed by atoms with Gasteiger partial charge in [0.2, 0.25) is 5.91 Å². The molecule has 1 aromatic carbocycles. The van der Waals surface area contributed by atoms with Gasteiger partial charge in [0.15, 0.2) is 11.5 Å². The molecule has 3 N–H and O–H groups in total. The third-order valence-corrected chi connectivity index (χ3v) is 3.86. The van der Waals surface area contributed by atoms with Crippen LogP contribution in [0.2, 0.25) is 0 Å². The Kier molecular flexibility index (Phi) is 8.90. The van der Waals surface area contributed by atoms with Gasteiger partial charge in [0.05, 0.1) is 20.6 Å². The van der Waals surface area contributed by atoms with Crippen LogP contribution in [0.5, 0.6) is 11.5 Å². The molecule has 1 amide bonds. The highest BCUT2D eigenvalue weighted by Crippen LogP contribution is 2.27. The average molecular weight is 331 g/mol. The van der Waals surface area contributed by atoms with E-state index in [4.69, 9.17) is 15.2 Å². The van der Waals surface area contributed by atoms with E-state index in [1.54, 1.807) is 20.3 Å². The maximum Gasteiger partial charge on any atom is 0.224 e. The molecular formula is C16H27ClN2O3. The number of ether oxygens (including phenoxy) is 2. The lowest BCUT2D eigenvalue weighted by atomic mass is 9.94. The van der Waals surface area contributed by atoms with Crippen molar-refractivity contribution < 1.29 is 14.3 Å². The number of carbonyl (C=O) groups excluding carboxylic acids is 1. The Balaban J connectivity index is 0.00000441. The van der Waals surface area contributed by atoms with Crippen molar-refractivity contribution >= 4 is 18.3 Å². The predicted molar refractivity (Wildman–Crippen MR) is 91.0 cm³/mol. The smallest absolute Gasteiger partial charge is 0.224 e. The van der Waals surface area contributed by atoms with Crippen molar-refractivity contribution in [1.29, 1.82) is 0 Å². The number of amides is 1. The Morgan fingerprint density at radius 2 is 1.77 bits per heavy atom. The summed E-state index contributed by atoms with van der Waals surface area (Å²) in [6.45, 7) is 4.56. The van der Waals surface area contributed by atoms with E-state index in [0.717, 1.165) is 18.4 Å². The van der Waals surface area contributed by atoms with Crippen LogP contribution < -0.4 is 20.5 Å². The van der Waals surface area contributed by atoms with Crippen molar-refractivity contribution in [2.24, 2.45) is 5.73 Å². The molecule has 5 nitrogen and oxygen atoms in total. The zero-order valence-electron chi connectivity index (χ0n) is 13.8. The summed E-state index contributed by atoms with van der Waals surface area (Å²) < 4.78 is 10.4. The van der Waals surface area contributed by atoms with E-state index in [1.165, 1.54) is 0 Å². The second-order valence-corrected chi connectivity index (χ2v) is 5.21. The maximum atomic E-state index is 12.0. The molecule has 1 aromatic rings. The number of hydrogen-bond acceptors (Lipinski definition) is 4. The van der Waals surface area contributed by atoms with Crippen LogP contribution in [0.15, 0.2) is 18.2 Å². The third-order valence-electron chi connectivity index (χ3n) is 3.86. The second-order valence-electron chi connectivity index (χ2n) is 5.21. The highest BCUT2D eigenvalue weighted by atomic mass is 35.5. The summed E-state index contributed by atoms with van der Waals surface area (Å²) in [6.07, 6.45) is 1.96. The first-order valence-corrected chi connectivity index (χ1v) is 7.24. The van der Waals surface area contributed by atoms with Crippen LogP contribution >= 0.6 is 12.4 Å². The number of nitrogens with two attached hydrogens (primary N) is 1. The molecule has 1 rings (SSSR count). The van der Waals surface area contributed by atoms with Gasteiger partial charge in [-0.3, -0.25) is 4.79 Å². The number of halogens is 1. The van der Waals surface area contributed by atoms with Crippen LogP contribution in [0.1, 0.15) is 32.3 Å². The summed E-state index contributed by atoms with van der Waals surface area (Å²) in [5.41, 5.74) is 6.72. The van der Waals surface area contributed by atoms with E-state index in [-0.39, 0.29) is 23.9 Å². The number of rotatable bonds is 8. The molecule has 0 bridgehead atoms. The van der Waals surface area contributed by atoms with Crippen LogP contribution in [0, 0.1) is 0 Å². The van der Waals surface area contributed by atoms with Crippen LogP contribution in [0.4, 0.5) is 0 Å². The standard InChI is InChI=1S/C16H26N2O3.ClH/c1-5-16(17,6-2)11-18-15(19)10-12-7-8-13(20-3)14(9-12)21-4;/h7-9H,5-6,10-11,17H2,1-4H3,(H,18,19);1H. The molecule has 0 aromatic heterocycles. The maximum absolute atomic E-state index is 12.0. The second kappa shape index (κ2) is 9.54. The molecule has 22 heavy (non-hydrogen) atoms. The lowest BCUT2D eigenvalue weighted by molar-refractivity contribution is -0.120. The van der Waals surface area contributed by atoms with E-state index in [0.29, 0.717) is 24.5 Å². The highest BCUT2D eigenvalue weighted by molar-refractivity contribution is 5.85. The lowest BCUT2D eigenvalue weighted by Crippen LogP contribution is -2.49. The summed E-state index contributed by atoms with van der Waals surface area (Å²) in [6, 6.07) is 5.47. The summed E-state index contributed by atoms with van der Waals surface area (Å²) in [7, 11) is 3.16. The third kappa shape index (κ3) is 5.73. The van der Waals surface area contributed by atoms with E-state index >= 15 is 0 Å². The quantitative estimate of drug-likeness (QED) is 0.767. The first kappa shape index (κ1) is 20.5. The normalized spacial score (nSPS) is 10.6. The Hall–Kier alpha value is -1.46. The number of hydrogen-bond donors (Lipinski definition) is 2. The van der Waals surface area contributed by atoms with Gasteiger partial charge in [-0.1, -0.05) is 19.9 Å². The summed E-state index contributed by atoms with van der Waals surface area (Å²) in [4.78, 5) is 12.0. The molecule has 0 fully saturated rings. The first-order valence-electron chi connectivity index (χ1n) is 7.24. The first-order chi connectivity index (χ1) is 9.97. The van der Waals surface area contributed by atoms with Gasteiger partial charge in [-0.05, 0) is 30.5 Å². The van der Waals surface area contributed by atoms with Gasteiger partial charge in [-0.25, -0.2) is 0 Å². The SMILES string of the molecule is CCC(N)(CC)CNC(=O)Cc1ccc(OC)c(OC)c1.Cl. The molecule has 0 radical (unpaired) electrons. The van der Waals surface area contributed by atoms with Crippen molar-refractivity contribution in [3.63, 3.8) is 0 Å². The molecule has 0 unspecified atom stereocenters. The van der Waals surface area contributed by atoms with Crippen molar-refractivity contribution in [3.8, 4) is 11.5 Å². The molecule has 0 spiro atoms. The van der Waals surface area contributed by atoms with Gasteiger partial charge in [0.1, 0.15) is 0 Å². The van der Waals surface area contributed by atoms with Crippen LogP contribution in [0.25, 0.3) is 0 Å². The molecular weight excluding hydrogens is 304 g/mol. The van der Waals surface area contributed by atoms with Crippen molar-refractivity contribution in [3.05, 3.63) is 23.8 Å². The lowest BCUT2D eigenvalue weighted by Gasteiger charge is -2.26. The molecule has 126 valence electrons. The number of methoxy groups -OCH3 is 2. The van der Waals surface area contributed by atoms with Gasteiger partial charge < -0.3 is 20.5 Å². The number of nitrogens with one attached hydrogen (secondary N) is 1. The summed E-state index contributed by atoms with van der Waals surface area (Å²) >= 11 is 0. The van der Waals surface area contributed by atoms with Crippen LogP contribution in [-0.4, -0.2) is 32.2 Å². The fourth-order valence-corrected chi connectivity index (χ4v) is 2.01. The fourth-order valence-electron chi connectivity index (χ4n) is 2.01. The van der Waals surface area contributed by atoms with Crippen LogP contribution in [-0.2, 0) is 11.2 Å². The topological polar surface area (TPSA) is 73.6 Å². The Morgan fingerprint density at radius 3 is 2.27 bits per heavy atom.